The van der Waals surface area contributed by atoms with Crippen LogP contribution in [0, 0.1) is 5.82 Å². The van der Waals surface area contributed by atoms with E-state index in [0.717, 1.165) is 5.56 Å². The normalized spacial score (nSPS) is 11.4. The molecule has 29 heavy (non-hydrogen) atoms. The molecule has 148 valence electrons. The second-order valence-electron chi connectivity index (χ2n) is 6.56. The fourth-order valence-electron chi connectivity index (χ4n) is 2.86. The van der Waals surface area contributed by atoms with Gasteiger partial charge in [-0.05, 0) is 48.9 Å². The van der Waals surface area contributed by atoms with Crippen LogP contribution in [0.15, 0.2) is 78.9 Å². The van der Waals surface area contributed by atoms with Crippen LogP contribution in [0.25, 0.3) is 0 Å². The maximum Gasteiger partial charge on any atom is 0.257 e. The topological polar surface area (TPSA) is 70.2 Å². The number of para-hydroxylation sites is 1. The van der Waals surface area contributed by atoms with Gasteiger partial charge in [-0.3, -0.25) is 9.59 Å². The monoisotopic (exact) mass is 391 g/mol. The molecule has 3 N–H and O–H groups in total. The maximum absolute atomic E-state index is 13.0. The predicted molar refractivity (Wildman–Crippen MR) is 112 cm³/mol. The molecule has 3 aromatic carbocycles. The molecule has 0 aliphatic carbocycles. The van der Waals surface area contributed by atoms with E-state index in [-0.39, 0.29) is 30.2 Å². The quantitative estimate of drug-likeness (QED) is 0.560. The summed E-state index contributed by atoms with van der Waals surface area (Å²) in [6.07, 6.45) is 0. The fourth-order valence-corrected chi connectivity index (χ4v) is 2.86. The third kappa shape index (κ3) is 5.65. The van der Waals surface area contributed by atoms with Crippen molar-refractivity contribution in [3.8, 4) is 0 Å². The van der Waals surface area contributed by atoms with Gasteiger partial charge in [-0.2, -0.15) is 0 Å². The van der Waals surface area contributed by atoms with E-state index in [9.17, 15) is 14.0 Å². The van der Waals surface area contributed by atoms with Gasteiger partial charge in [-0.25, -0.2) is 4.39 Å². The van der Waals surface area contributed by atoms with Gasteiger partial charge in [-0.1, -0.05) is 42.5 Å². The Morgan fingerprint density at radius 3 is 2.28 bits per heavy atom. The number of halogens is 1. The lowest BCUT2D eigenvalue weighted by molar-refractivity contribution is -0.120. The van der Waals surface area contributed by atoms with Gasteiger partial charge in [0.2, 0.25) is 5.91 Å². The summed E-state index contributed by atoms with van der Waals surface area (Å²) < 4.78 is 13.0. The van der Waals surface area contributed by atoms with Crippen molar-refractivity contribution in [2.24, 2.45) is 0 Å². The summed E-state index contributed by atoms with van der Waals surface area (Å²) in [5.74, 6) is -0.909. The molecule has 1 atom stereocenters. The smallest absolute Gasteiger partial charge is 0.257 e. The lowest BCUT2D eigenvalue weighted by Gasteiger charge is -2.16. The van der Waals surface area contributed by atoms with Crippen molar-refractivity contribution in [1.29, 1.82) is 0 Å². The summed E-state index contributed by atoms with van der Waals surface area (Å²) in [6.45, 7) is 1.94. The molecule has 0 saturated heterocycles. The predicted octanol–water partition coefficient (Wildman–Crippen LogP) is 4.37. The van der Waals surface area contributed by atoms with E-state index in [1.165, 1.54) is 24.3 Å². The number of carbonyl (C=O) groups excluding carboxylic acids is 2. The number of carbonyl (C=O) groups is 2. The van der Waals surface area contributed by atoms with Gasteiger partial charge in [0.05, 0.1) is 18.2 Å². The van der Waals surface area contributed by atoms with Crippen molar-refractivity contribution in [1.82, 2.24) is 5.32 Å². The molecule has 0 aromatic heterocycles. The molecule has 6 heteroatoms. The van der Waals surface area contributed by atoms with Crippen LogP contribution in [0.2, 0.25) is 0 Å². The van der Waals surface area contributed by atoms with Crippen molar-refractivity contribution in [3.05, 3.63) is 95.8 Å². The SMILES string of the molecule is C[C@@H](NC(=O)CNc1ccccc1C(=O)Nc1ccc(F)cc1)c1ccccc1. The second kappa shape index (κ2) is 9.50. The van der Waals surface area contributed by atoms with Gasteiger partial charge in [0.15, 0.2) is 0 Å². The molecule has 3 aromatic rings. The Kier molecular flexibility index (Phi) is 6.58. The Balaban J connectivity index is 1.60. The summed E-state index contributed by atoms with van der Waals surface area (Å²) in [4.78, 5) is 24.9. The van der Waals surface area contributed by atoms with Crippen molar-refractivity contribution in [2.75, 3.05) is 17.2 Å². The Bertz CT molecular complexity index is 975. The van der Waals surface area contributed by atoms with E-state index in [1.54, 1.807) is 24.3 Å². The molecule has 0 heterocycles. The van der Waals surface area contributed by atoms with Crippen LogP contribution in [0.4, 0.5) is 15.8 Å². The average Bonchev–Trinajstić information content (AvgIpc) is 2.74. The molecule has 3 rings (SSSR count). The van der Waals surface area contributed by atoms with Gasteiger partial charge < -0.3 is 16.0 Å². The summed E-state index contributed by atoms with van der Waals surface area (Å²) in [5, 5.41) is 8.66. The first-order valence-electron chi connectivity index (χ1n) is 9.27. The zero-order chi connectivity index (χ0) is 20.6. The molecule has 0 fully saturated rings. The van der Waals surface area contributed by atoms with Crippen LogP contribution in [0.5, 0.6) is 0 Å². The van der Waals surface area contributed by atoms with Crippen LogP contribution in [-0.2, 0) is 4.79 Å². The van der Waals surface area contributed by atoms with Crippen LogP contribution in [0.3, 0.4) is 0 Å². The Labute approximate surface area is 169 Å². The Morgan fingerprint density at radius 2 is 1.55 bits per heavy atom. The highest BCUT2D eigenvalue weighted by atomic mass is 19.1. The van der Waals surface area contributed by atoms with E-state index >= 15 is 0 Å². The number of nitrogens with one attached hydrogen (secondary N) is 3. The van der Waals surface area contributed by atoms with Crippen LogP contribution in [-0.4, -0.2) is 18.4 Å². The third-order valence-corrected chi connectivity index (χ3v) is 4.39. The molecule has 2 amide bonds. The number of rotatable bonds is 7. The summed E-state index contributed by atoms with van der Waals surface area (Å²) in [6, 6.07) is 22.0. The zero-order valence-corrected chi connectivity index (χ0v) is 16.0. The van der Waals surface area contributed by atoms with Crippen molar-refractivity contribution in [3.63, 3.8) is 0 Å². The van der Waals surface area contributed by atoms with Crippen LogP contribution in [0.1, 0.15) is 28.9 Å². The summed E-state index contributed by atoms with van der Waals surface area (Å²) in [7, 11) is 0. The van der Waals surface area contributed by atoms with E-state index < -0.39 is 0 Å². The molecule has 0 spiro atoms. The van der Waals surface area contributed by atoms with E-state index in [4.69, 9.17) is 0 Å². The average molecular weight is 391 g/mol. The van der Waals surface area contributed by atoms with Gasteiger partial charge in [0.1, 0.15) is 5.82 Å². The third-order valence-electron chi connectivity index (χ3n) is 4.39. The first kappa shape index (κ1) is 20.1. The van der Waals surface area contributed by atoms with Crippen LogP contribution >= 0.6 is 0 Å². The van der Waals surface area contributed by atoms with E-state index in [0.29, 0.717) is 16.9 Å². The lowest BCUT2D eigenvalue weighted by atomic mass is 10.1. The fraction of sp³-hybridized carbons (Fsp3) is 0.130. The van der Waals surface area contributed by atoms with Gasteiger partial charge >= 0.3 is 0 Å². The summed E-state index contributed by atoms with van der Waals surface area (Å²) in [5.41, 5.74) is 2.43. The minimum atomic E-state index is -0.374. The van der Waals surface area contributed by atoms with Gasteiger partial charge in [0, 0.05) is 11.4 Å². The zero-order valence-electron chi connectivity index (χ0n) is 16.0. The molecule has 0 aliphatic rings. The van der Waals surface area contributed by atoms with Crippen LogP contribution < -0.4 is 16.0 Å². The number of hydrogen-bond donors (Lipinski definition) is 3. The lowest BCUT2D eigenvalue weighted by Crippen LogP contribution is -2.32. The molecular formula is C23H22FN3O2. The Hall–Kier alpha value is -3.67. The molecule has 0 aliphatic heterocycles. The van der Waals surface area contributed by atoms with Crippen molar-refractivity contribution >= 4 is 23.2 Å². The molecule has 5 nitrogen and oxygen atoms in total. The molecule has 0 saturated carbocycles. The maximum atomic E-state index is 13.0. The van der Waals surface area contributed by atoms with E-state index in [2.05, 4.69) is 16.0 Å². The highest BCUT2D eigenvalue weighted by molar-refractivity contribution is 6.08. The van der Waals surface area contributed by atoms with Gasteiger partial charge in [0.25, 0.3) is 5.91 Å². The van der Waals surface area contributed by atoms with Crippen molar-refractivity contribution < 1.29 is 14.0 Å². The molecular weight excluding hydrogens is 369 g/mol. The number of amides is 2. The van der Waals surface area contributed by atoms with Crippen molar-refractivity contribution in [2.45, 2.75) is 13.0 Å². The molecule has 0 radical (unpaired) electrons. The van der Waals surface area contributed by atoms with E-state index in [1.807, 2.05) is 37.3 Å². The highest BCUT2D eigenvalue weighted by Crippen LogP contribution is 2.18. The van der Waals surface area contributed by atoms with Gasteiger partial charge in [-0.15, -0.1) is 0 Å². The molecule has 0 bridgehead atoms. The standard InChI is InChI=1S/C23H22FN3O2/c1-16(17-7-3-2-4-8-17)26-22(28)15-25-21-10-6-5-9-20(21)23(29)27-19-13-11-18(24)12-14-19/h2-14,16,25H,15H2,1H3,(H,26,28)(H,27,29)/t16-/m1/s1. The Morgan fingerprint density at radius 1 is 0.897 bits per heavy atom. The number of anilines is 2. The minimum Gasteiger partial charge on any atom is -0.376 e. The largest absolute Gasteiger partial charge is 0.376 e. The highest BCUT2D eigenvalue weighted by Gasteiger charge is 2.13. The first-order valence-corrected chi connectivity index (χ1v) is 9.27. The minimum absolute atomic E-state index is 0.0258. The summed E-state index contributed by atoms with van der Waals surface area (Å²) >= 11 is 0. The number of hydrogen-bond acceptors (Lipinski definition) is 3. The number of benzene rings is 3. The first-order chi connectivity index (χ1) is 14.0. The molecule has 0 unspecified atom stereocenters. The second-order valence-corrected chi connectivity index (χ2v) is 6.56.